The third kappa shape index (κ3) is 7.29. The number of benzene rings is 3. The van der Waals surface area contributed by atoms with E-state index in [1.54, 1.807) is 69.3 Å². The van der Waals surface area contributed by atoms with Crippen molar-refractivity contribution in [1.29, 1.82) is 0 Å². The van der Waals surface area contributed by atoms with Crippen molar-refractivity contribution in [3.63, 3.8) is 0 Å². The zero-order valence-electron chi connectivity index (χ0n) is 22.7. The Labute approximate surface area is 251 Å². The van der Waals surface area contributed by atoms with Crippen LogP contribution in [0, 0.1) is 13.8 Å². The number of anilines is 1. The first-order chi connectivity index (χ1) is 18.9. The van der Waals surface area contributed by atoms with Crippen LogP contribution in [0.1, 0.15) is 37.0 Å². The lowest BCUT2D eigenvalue weighted by atomic mass is 10.1. The molecule has 40 heavy (non-hydrogen) atoms. The number of carbonyl (C=O) groups excluding carboxylic acids is 2. The van der Waals surface area contributed by atoms with Gasteiger partial charge < -0.3 is 10.2 Å². The maximum Gasteiger partial charge on any atom is 0.264 e. The smallest absolute Gasteiger partial charge is 0.264 e. The van der Waals surface area contributed by atoms with Gasteiger partial charge in [-0.15, -0.1) is 0 Å². The van der Waals surface area contributed by atoms with Crippen molar-refractivity contribution in [3.8, 4) is 0 Å². The fourth-order valence-corrected chi connectivity index (χ4v) is 6.37. The maximum atomic E-state index is 14.1. The monoisotopic (exact) mass is 623 g/mol. The Morgan fingerprint density at radius 1 is 0.925 bits per heavy atom. The molecule has 214 valence electrons. The first-order valence-electron chi connectivity index (χ1n) is 12.8. The normalized spacial score (nSPS) is 12.1. The van der Waals surface area contributed by atoms with Crippen molar-refractivity contribution < 1.29 is 18.0 Å². The van der Waals surface area contributed by atoms with Gasteiger partial charge in [-0.3, -0.25) is 13.9 Å². The van der Waals surface area contributed by atoms with Crippen molar-refractivity contribution in [2.45, 2.75) is 51.6 Å². The molecule has 2 amide bonds. The van der Waals surface area contributed by atoms with Crippen LogP contribution in [0.15, 0.2) is 65.6 Å². The number of nitrogens with one attached hydrogen (secondary N) is 1. The summed E-state index contributed by atoms with van der Waals surface area (Å²) in [5.41, 5.74) is 2.21. The molecule has 3 aromatic rings. The minimum absolute atomic E-state index is 0.0216. The molecular weight excluding hydrogens is 593 g/mol. The molecule has 7 nitrogen and oxygen atoms in total. The highest BCUT2D eigenvalue weighted by molar-refractivity contribution is 7.92. The number of aryl methyl sites for hydroxylation is 1. The fraction of sp³-hybridized carbons (Fsp3) is 0.310. The highest BCUT2D eigenvalue weighted by Crippen LogP contribution is 2.32. The van der Waals surface area contributed by atoms with Gasteiger partial charge in [0.05, 0.1) is 10.6 Å². The highest BCUT2D eigenvalue weighted by Gasteiger charge is 2.34. The summed E-state index contributed by atoms with van der Waals surface area (Å²) < 4.78 is 29.0. The van der Waals surface area contributed by atoms with Gasteiger partial charge in [-0.2, -0.15) is 0 Å². The predicted octanol–water partition coefficient (Wildman–Crippen LogP) is 6.40. The van der Waals surface area contributed by atoms with Gasteiger partial charge in [0.25, 0.3) is 10.0 Å². The lowest BCUT2D eigenvalue weighted by molar-refractivity contribution is -0.140. The second kappa shape index (κ2) is 13.7. The zero-order valence-corrected chi connectivity index (χ0v) is 25.8. The molecule has 0 fully saturated rings. The van der Waals surface area contributed by atoms with Gasteiger partial charge in [-0.1, -0.05) is 71.6 Å². The van der Waals surface area contributed by atoms with Crippen molar-refractivity contribution in [1.82, 2.24) is 10.2 Å². The van der Waals surface area contributed by atoms with E-state index in [2.05, 4.69) is 5.32 Å². The first kappa shape index (κ1) is 31.7. The van der Waals surface area contributed by atoms with Gasteiger partial charge in [0.2, 0.25) is 11.8 Å². The summed E-state index contributed by atoms with van der Waals surface area (Å²) >= 11 is 18.9. The van der Waals surface area contributed by atoms with Crippen molar-refractivity contribution in [2.24, 2.45) is 0 Å². The molecule has 0 spiro atoms. The number of nitrogens with zero attached hydrogens (tertiary/aromatic N) is 2. The van der Waals surface area contributed by atoms with Crippen molar-refractivity contribution >= 4 is 62.3 Å². The van der Waals surface area contributed by atoms with Crippen LogP contribution in [0.3, 0.4) is 0 Å². The molecule has 0 aliphatic carbocycles. The SMILES string of the molecule is CCNC(=O)[C@H](CC)N(Cc1ccc(Cl)cc1Cl)C(=O)CN(c1cccc(Cl)c1C)S(=O)(=O)c1ccc(C)cc1. The number of carbonyl (C=O) groups is 2. The molecule has 0 radical (unpaired) electrons. The molecule has 0 heterocycles. The predicted molar refractivity (Wildman–Crippen MR) is 162 cm³/mol. The maximum absolute atomic E-state index is 14.1. The number of sulfonamides is 1. The highest BCUT2D eigenvalue weighted by atomic mass is 35.5. The first-order valence-corrected chi connectivity index (χ1v) is 15.3. The molecule has 1 atom stereocenters. The summed E-state index contributed by atoms with van der Waals surface area (Å²) in [6.07, 6.45) is 0.295. The molecule has 0 unspecified atom stereocenters. The van der Waals surface area contributed by atoms with Gasteiger partial charge in [-0.25, -0.2) is 8.42 Å². The van der Waals surface area contributed by atoms with Crippen molar-refractivity contribution in [2.75, 3.05) is 17.4 Å². The van der Waals surface area contributed by atoms with Crippen LogP contribution >= 0.6 is 34.8 Å². The standard InChI is InChI=1S/C29H32Cl3N3O4S/c1-5-26(29(37)33-6-2)34(17-21-12-13-22(30)16-25(21)32)28(36)18-35(27-9-7-8-24(31)20(27)4)40(38,39)23-14-10-19(3)11-15-23/h7-16,26H,5-6,17-18H2,1-4H3,(H,33,37)/t26-/m0/s1. The fourth-order valence-electron chi connectivity index (χ4n) is 4.26. The topological polar surface area (TPSA) is 86.8 Å². The molecule has 0 saturated carbocycles. The molecule has 1 N–H and O–H groups in total. The Bertz CT molecular complexity index is 1480. The second-order valence-corrected chi connectivity index (χ2v) is 12.4. The van der Waals surface area contributed by atoms with E-state index in [0.717, 1.165) is 9.87 Å². The number of rotatable bonds is 11. The number of halogens is 3. The van der Waals surface area contributed by atoms with E-state index in [4.69, 9.17) is 34.8 Å². The molecule has 0 saturated heterocycles. The quantitative estimate of drug-likeness (QED) is 0.267. The molecule has 0 bridgehead atoms. The third-order valence-corrected chi connectivity index (χ3v) is 9.26. The van der Waals surface area contributed by atoms with Crippen LogP contribution in [-0.2, 0) is 26.2 Å². The Morgan fingerprint density at radius 2 is 1.60 bits per heavy atom. The molecule has 0 aromatic heterocycles. The van der Waals surface area contributed by atoms with Gasteiger partial charge in [0, 0.05) is 28.2 Å². The molecule has 0 aliphatic rings. The molecule has 11 heteroatoms. The van der Waals surface area contributed by atoms with E-state index in [1.165, 1.54) is 17.0 Å². The molecule has 3 rings (SSSR count). The minimum Gasteiger partial charge on any atom is -0.355 e. The van der Waals surface area contributed by atoms with E-state index in [1.807, 2.05) is 6.92 Å². The second-order valence-electron chi connectivity index (χ2n) is 9.28. The van der Waals surface area contributed by atoms with E-state index in [9.17, 15) is 18.0 Å². The van der Waals surface area contributed by atoms with Crippen LogP contribution in [0.5, 0.6) is 0 Å². The van der Waals surface area contributed by atoms with E-state index in [0.29, 0.717) is 39.2 Å². The van der Waals surface area contributed by atoms with Gasteiger partial charge in [0.15, 0.2) is 0 Å². The summed E-state index contributed by atoms with van der Waals surface area (Å²) in [7, 11) is -4.21. The van der Waals surface area contributed by atoms with Gasteiger partial charge in [-0.05, 0) is 74.7 Å². The largest absolute Gasteiger partial charge is 0.355 e. The van der Waals surface area contributed by atoms with Crippen LogP contribution < -0.4 is 9.62 Å². The van der Waals surface area contributed by atoms with Crippen LogP contribution in [0.2, 0.25) is 15.1 Å². The van der Waals surface area contributed by atoms with Crippen LogP contribution in [0.4, 0.5) is 5.69 Å². The summed E-state index contributed by atoms with van der Waals surface area (Å²) in [6.45, 7) is 6.88. The molecular formula is C29H32Cl3N3O4S. The van der Waals surface area contributed by atoms with E-state index in [-0.39, 0.29) is 23.0 Å². The number of likely N-dealkylation sites (N-methyl/N-ethyl adjacent to an activating group) is 1. The van der Waals surface area contributed by atoms with E-state index < -0.39 is 28.5 Å². The van der Waals surface area contributed by atoms with E-state index >= 15 is 0 Å². The lowest BCUT2D eigenvalue weighted by Gasteiger charge is -2.33. The van der Waals surface area contributed by atoms with Gasteiger partial charge >= 0.3 is 0 Å². The van der Waals surface area contributed by atoms with Crippen LogP contribution in [-0.4, -0.2) is 44.3 Å². The summed E-state index contributed by atoms with van der Waals surface area (Å²) in [5, 5.41) is 3.87. The Hall–Kier alpha value is -2.78. The zero-order chi connectivity index (χ0) is 29.6. The molecule has 3 aromatic carbocycles. The third-order valence-electron chi connectivity index (χ3n) is 6.49. The van der Waals surface area contributed by atoms with Crippen molar-refractivity contribution in [3.05, 3.63) is 92.4 Å². The molecule has 0 aliphatic heterocycles. The summed E-state index contributed by atoms with van der Waals surface area (Å²) in [6, 6.07) is 15.2. The average Bonchev–Trinajstić information content (AvgIpc) is 2.90. The van der Waals surface area contributed by atoms with Crippen LogP contribution in [0.25, 0.3) is 0 Å². The summed E-state index contributed by atoms with van der Waals surface area (Å²) in [4.78, 5) is 28.5. The Morgan fingerprint density at radius 3 is 2.20 bits per heavy atom. The lowest BCUT2D eigenvalue weighted by Crippen LogP contribution is -2.52. The summed E-state index contributed by atoms with van der Waals surface area (Å²) in [5.74, 6) is -0.936. The van der Waals surface area contributed by atoms with Gasteiger partial charge in [0.1, 0.15) is 12.6 Å². The number of hydrogen-bond donors (Lipinski definition) is 1. The number of amides is 2. The Kier molecular flexibility index (Phi) is 10.9. The number of hydrogen-bond acceptors (Lipinski definition) is 4. The Balaban J connectivity index is 2.12. The minimum atomic E-state index is -4.21. The average molecular weight is 625 g/mol.